The Hall–Kier alpha value is -1.30. The van der Waals surface area contributed by atoms with Crippen molar-refractivity contribution in [2.24, 2.45) is 0 Å². The summed E-state index contributed by atoms with van der Waals surface area (Å²) in [7, 11) is 1.56. The molecule has 20 heavy (non-hydrogen) atoms. The average molecular weight is 326 g/mol. The molecule has 0 saturated carbocycles. The monoisotopic (exact) mass is 325 g/mol. The quantitative estimate of drug-likeness (QED) is 0.479. The standard InChI is InChI=1S/C14H12ClNO2S2/c1-3-6-16-13(17)12(20-14(16)19)8-9-4-5-11(18-2)10(15)7-9/h3-5,7-8H,1,6H2,2H3/b12-8-. The molecule has 3 nitrogen and oxygen atoms in total. The van der Waals surface area contributed by atoms with Gasteiger partial charge in [0.1, 0.15) is 10.1 Å². The summed E-state index contributed by atoms with van der Waals surface area (Å²) in [5, 5.41) is 0.503. The first kappa shape index (κ1) is 15.1. The molecule has 1 aromatic carbocycles. The molecular formula is C14H12ClNO2S2. The number of carbonyl (C=O) groups is 1. The predicted molar refractivity (Wildman–Crippen MR) is 88.1 cm³/mol. The topological polar surface area (TPSA) is 29.5 Å². The van der Waals surface area contributed by atoms with Crippen molar-refractivity contribution >= 4 is 51.9 Å². The summed E-state index contributed by atoms with van der Waals surface area (Å²) < 4.78 is 5.63. The highest BCUT2D eigenvalue weighted by molar-refractivity contribution is 8.26. The second-order valence-corrected chi connectivity index (χ2v) is 6.06. The van der Waals surface area contributed by atoms with Gasteiger partial charge in [-0.1, -0.05) is 47.7 Å². The maximum absolute atomic E-state index is 12.2. The van der Waals surface area contributed by atoms with Crippen molar-refractivity contribution < 1.29 is 9.53 Å². The van der Waals surface area contributed by atoms with Crippen LogP contribution in [0.2, 0.25) is 5.02 Å². The van der Waals surface area contributed by atoms with Gasteiger partial charge in [0.2, 0.25) is 0 Å². The summed E-state index contributed by atoms with van der Waals surface area (Å²) in [6, 6.07) is 5.35. The van der Waals surface area contributed by atoms with E-state index in [1.54, 1.807) is 31.4 Å². The van der Waals surface area contributed by atoms with E-state index in [9.17, 15) is 4.79 Å². The predicted octanol–water partition coefficient (Wildman–Crippen LogP) is 3.74. The molecule has 104 valence electrons. The highest BCUT2D eigenvalue weighted by Gasteiger charge is 2.30. The van der Waals surface area contributed by atoms with Gasteiger partial charge in [-0.05, 0) is 23.8 Å². The molecule has 6 heteroatoms. The molecule has 1 aromatic rings. The van der Waals surface area contributed by atoms with E-state index in [4.69, 9.17) is 28.6 Å². The van der Waals surface area contributed by atoms with Crippen LogP contribution in [0, 0.1) is 0 Å². The molecule has 1 amide bonds. The van der Waals surface area contributed by atoms with Crippen LogP contribution in [0.1, 0.15) is 5.56 Å². The fourth-order valence-corrected chi connectivity index (χ4v) is 3.25. The smallest absolute Gasteiger partial charge is 0.266 e. The van der Waals surface area contributed by atoms with Crippen LogP contribution in [0.25, 0.3) is 6.08 Å². The molecule has 0 bridgehead atoms. The van der Waals surface area contributed by atoms with Crippen LogP contribution in [0.5, 0.6) is 5.75 Å². The summed E-state index contributed by atoms with van der Waals surface area (Å²) in [5.41, 5.74) is 0.829. The summed E-state index contributed by atoms with van der Waals surface area (Å²) in [4.78, 5) is 14.3. The Kier molecular flexibility index (Phi) is 4.86. The highest BCUT2D eigenvalue weighted by Crippen LogP contribution is 2.33. The van der Waals surface area contributed by atoms with Gasteiger partial charge in [0.15, 0.2) is 0 Å². The lowest BCUT2D eigenvalue weighted by atomic mass is 10.2. The minimum Gasteiger partial charge on any atom is -0.495 e. The zero-order valence-electron chi connectivity index (χ0n) is 10.8. The lowest BCUT2D eigenvalue weighted by Gasteiger charge is -2.10. The molecule has 1 aliphatic rings. The number of benzene rings is 1. The normalized spacial score (nSPS) is 16.9. The Morgan fingerprint density at radius 2 is 2.30 bits per heavy atom. The fraction of sp³-hybridized carbons (Fsp3) is 0.143. The summed E-state index contributed by atoms with van der Waals surface area (Å²) in [6.45, 7) is 4.04. The molecule has 0 unspecified atom stereocenters. The maximum Gasteiger partial charge on any atom is 0.266 e. The van der Waals surface area contributed by atoms with Crippen molar-refractivity contribution in [3.63, 3.8) is 0 Å². The number of nitrogens with zero attached hydrogens (tertiary/aromatic N) is 1. The first-order valence-electron chi connectivity index (χ1n) is 5.76. The number of rotatable bonds is 4. The minimum absolute atomic E-state index is 0.105. The van der Waals surface area contributed by atoms with E-state index in [1.165, 1.54) is 16.7 Å². The summed E-state index contributed by atoms with van der Waals surface area (Å²) in [6.07, 6.45) is 3.42. The van der Waals surface area contributed by atoms with E-state index in [2.05, 4.69) is 6.58 Å². The Labute approximate surface area is 132 Å². The SMILES string of the molecule is C=CCN1C(=O)/C(=C/c2ccc(OC)c(Cl)c2)SC1=S. The number of hydrogen-bond acceptors (Lipinski definition) is 4. The number of halogens is 1. The molecule has 0 atom stereocenters. The van der Waals surface area contributed by atoms with Gasteiger partial charge in [-0.25, -0.2) is 0 Å². The van der Waals surface area contributed by atoms with Gasteiger partial charge in [0.05, 0.1) is 17.0 Å². The van der Waals surface area contributed by atoms with Crippen molar-refractivity contribution in [2.75, 3.05) is 13.7 Å². The van der Waals surface area contributed by atoms with Crippen LogP contribution in [0.3, 0.4) is 0 Å². The van der Waals surface area contributed by atoms with E-state index < -0.39 is 0 Å². The zero-order valence-corrected chi connectivity index (χ0v) is 13.1. The number of amides is 1. The molecule has 0 N–H and O–H groups in total. The Morgan fingerprint density at radius 3 is 2.90 bits per heavy atom. The molecule has 2 rings (SSSR count). The van der Waals surface area contributed by atoms with E-state index in [1.807, 2.05) is 6.07 Å². The fourth-order valence-electron chi connectivity index (χ4n) is 1.71. The number of methoxy groups -OCH3 is 1. The van der Waals surface area contributed by atoms with Gasteiger partial charge in [0.25, 0.3) is 5.91 Å². The van der Waals surface area contributed by atoms with Gasteiger partial charge in [-0.2, -0.15) is 0 Å². The van der Waals surface area contributed by atoms with Crippen molar-refractivity contribution in [1.82, 2.24) is 4.90 Å². The molecule has 1 saturated heterocycles. The second-order valence-electron chi connectivity index (χ2n) is 3.97. The van der Waals surface area contributed by atoms with Crippen molar-refractivity contribution in [1.29, 1.82) is 0 Å². The van der Waals surface area contributed by atoms with Crippen LogP contribution >= 0.6 is 35.6 Å². The third-order valence-electron chi connectivity index (χ3n) is 2.66. The van der Waals surface area contributed by atoms with Gasteiger partial charge >= 0.3 is 0 Å². The first-order valence-corrected chi connectivity index (χ1v) is 7.37. The third-order valence-corrected chi connectivity index (χ3v) is 4.33. The number of carbonyl (C=O) groups excluding carboxylic acids is 1. The van der Waals surface area contributed by atoms with E-state index in [-0.39, 0.29) is 5.91 Å². The third kappa shape index (κ3) is 3.06. The largest absolute Gasteiger partial charge is 0.495 e. The number of hydrogen-bond donors (Lipinski definition) is 0. The number of thioether (sulfide) groups is 1. The highest BCUT2D eigenvalue weighted by atomic mass is 35.5. The van der Waals surface area contributed by atoms with Crippen LogP contribution < -0.4 is 4.74 Å². The molecule has 1 heterocycles. The molecule has 0 aliphatic carbocycles. The van der Waals surface area contributed by atoms with E-state index in [0.29, 0.717) is 26.5 Å². The number of thiocarbonyl (C=S) groups is 1. The van der Waals surface area contributed by atoms with Crippen LogP contribution in [0.15, 0.2) is 35.8 Å². The van der Waals surface area contributed by atoms with Crippen molar-refractivity contribution in [2.45, 2.75) is 0 Å². The average Bonchev–Trinajstić information content (AvgIpc) is 2.67. The molecule has 1 aliphatic heterocycles. The Morgan fingerprint density at radius 1 is 1.55 bits per heavy atom. The lowest BCUT2D eigenvalue weighted by Crippen LogP contribution is -2.27. The molecule has 0 spiro atoms. The first-order chi connectivity index (χ1) is 9.56. The molecule has 0 aromatic heterocycles. The summed E-state index contributed by atoms with van der Waals surface area (Å²) in [5.74, 6) is 0.495. The minimum atomic E-state index is -0.105. The van der Waals surface area contributed by atoms with Gasteiger partial charge in [0, 0.05) is 6.54 Å². The lowest BCUT2D eigenvalue weighted by molar-refractivity contribution is -0.121. The molecule has 1 fully saturated rings. The molecular weight excluding hydrogens is 314 g/mol. The van der Waals surface area contributed by atoms with Crippen molar-refractivity contribution in [3.05, 3.63) is 46.3 Å². The second kappa shape index (κ2) is 6.43. The van der Waals surface area contributed by atoms with Gasteiger partial charge < -0.3 is 4.74 Å². The van der Waals surface area contributed by atoms with Crippen molar-refractivity contribution in [3.8, 4) is 5.75 Å². The van der Waals surface area contributed by atoms with Crippen LogP contribution in [-0.4, -0.2) is 28.8 Å². The van der Waals surface area contributed by atoms with Crippen LogP contribution in [0.4, 0.5) is 0 Å². The van der Waals surface area contributed by atoms with Gasteiger partial charge in [-0.15, -0.1) is 6.58 Å². The van der Waals surface area contributed by atoms with E-state index in [0.717, 1.165) is 5.56 Å². The maximum atomic E-state index is 12.2. The van der Waals surface area contributed by atoms with Gasteiger partial charge in [-0.3, -0.25) is 9.69 Å². The number of ether oxygens (including phenoxy) is 1. The Balaban J connectivity index is 2.28. The molecule has 0 radical (unpaired) electrons. The Bertz CT molecular complexity index is 613. The zero-order chi connectivity index (χ0) is 14.7. The van der Waals surface area contributed by atoms with E-state index >= 15 is 0 Å². The van der Waals surface area contributed by atoms with Crippen LogP contribution in [-0.2, 0) is 4.79 Å². The summed E-state index contributed by atoms with van der Waals surface area (Å²) >= 11 is 12.5.